The van der Waals surface area contributed by atoms with E-state index >= 15 is 0 Å². The summed E-state index contributed by atoms with van der Waals surface area (Å²) < 4.78 is 0. The molecular formula is C17H18N2O3. The van der Waals surface area contributed by atoms with Crippen LogP contribution in [0.25, 0.3) is 0 Å². The predicted octanol–water partition coefficient (Wildman–Crippen LogP) is 3.80. The summed E-state index contributed by atoms with van der Waals surface area (Å²) in [5.41, 5.74) is 4.46. The quantitative estimate of drug-likeness (QED) is 0.639. The Bertz CT molecular complexity index is 713. The lowest BCUT2D eigenvalue weighted by molar-refractivity contribution is -0.384. The van der Waals surface area contributed by atoms with Crippen LogP contribution in [-0.4, -0.2) is 17.9 Å². The second-order valence-electron chi connectivity index (χ2n) is 5.42. The Hall–Kier alpha value is -2.69. The summed E-state index contributed by atoms with van der Waals surface area (Å²) >= 11 is 0. The van der Waals surface area contributed by atoms with E-state index in [1.54, 1.807) is 11.9 Å². The number of carbonyl (C=O) groups excluding carboxylic acids is 1. The van der Waals surface area contributed by atoms with E-state index in [4.69, 9.17) is 0 Å². The van der Waals surface area contributed by atoms with Crippen LogP contribution >= 0.6 is 0 Å². The largest absolute Gasteiger partial charge is 0.311 e. The maximum absolute atomic E-state index is 12.6. The van der Waals surface area contributed by atoms with Crippen LogP contribution < -0.4 is 4.90 Å². The Morgan fingerprint density at radius 3 is 2.00 bits per heavy atom. The molecule has 0 aliphatic rings. The van der Waals surface area contributed by atoms with Crippen LogP contribution in [0.1, 0.15) is 27.0 Å². The first-order valence-corrected chi connectivity index (χ1v) is 6.91. The maximum Gasteiger partial charge on any atom is 0.269 e. The summed E-state index contributed by atoms with van der Waals surface area (Å²) in [7, 11) is 1.72. The fraction of sp³-hybridized carbons (Fsp3) is 0.235. The van der Waals surface area contributed by atoms with Crippen molar-refractivity contribution in [2.75, 3.05) is 11.9 Å². The van der Waals surface area contributed by atoms with Crippen LogP contribution in [0.2, 0.25) is 0 Å². The van der Waals surface area contributed by atoms with Gasteiger partial charge in [-0.15, -0.1) is 0 Å². The molecule has 0 bridgehead atoms. The average molecular weight is 298 g/mol. The molecule has 114 valence electrons. The van der Waals surface area contributed by atoms with Crippen LogP contribution in [0, 0.1) is 30.9 Å². The van der Waals surface area contributed by atoms with Crippen LogP contribution in [0.4, 0.5) is 11.4 Å². The number of non-ortho nitro benzene ring substituents is 1. The number of benzene rings is 2. The molecule has 2 aromatic rings. The molecule has 0 aliphatic heterocycles. The molecule has 0 aromatic heterocycles. The van der Waals surface area contributed by atoms with Gasteiger partial charge in [0.05, 0.1) is 4.92 Å². The van der Waals surface area contributed by atoms with E-state index in [0.717, 1.165) is 22.4 Å². The van der Waals surface area contributed by atoms with Gasteiger partial charge in [0.2, 0.25) is 0 Å². The first-order valence-electron chi connectivity index (χ1n) is 6.91. The summed E-state index contributed by atoms with van der Waals surface area (Å²) in [6.07, 6.45) is 0. The Balaban J connectivity index is 2.35. The second-order valence-corrected chi connectivity index (χ2v) is 5.42. The Morgan fingerprint density at radius 2 is 1.55 bits per heavy atom. The molecular weight excluding hydrogens is 280 g/mol. The maximum atomic E-state index is 12.6. The standard InChI is InChI=1S/C17H18N2O3/c1-11-9-12(2)16(13(3)10-11)18(4)17(20)14-5-7-15(8-6-14)19(21)22/h5-10H,1-4H3. The molecule has 5 nitrogen and oxygen atoms in total. The third-order valence-electron chi connectivity index (χ3n) is 3.60. The lowest BCUT2D eigenvalue weighted by Crippen LogP contribution is -2.27. The summed E-state index contributed by atoms with van der Waals surface area (Å²) in [6.45, 7) is 5.95. The number of rotatable bonds is 3. The van der Waals surface area contributed by atoms with Gasteiger partial charge in [-0.1, -0.05) is 17.7 Å². The van der Waals surface area contributed by atoms with Crippen molar-refractivity contribution in [2.24, 2.45) is 0 Å². The zero-order valence-corrected chi connectivity index (χ0v) is 13.1. The summed E-state index contributed by atoms with van der Waals surface area (Å²) in [5, 5.41) is 10.7. The number of aryl methyl sites for hydroxylation is 3. The van der Waals surface area contributed by atoms with Crippen molar-refractivity contribution < 1.29 is 9.72 Å². The molecule has 1 amide bonds. The van der Waals surface area contributed by atoms with E-state index in [1.165, 1.54) is 24.3 Å². The highest BCUT2D eigenvalue weighted by atomic mass is 16.6. The van der Waals surface area contributed by atoms with E-state index in [-0.39, 0.29) is 11.6 Å². The van der Waals surface area contributed by atoms with Gasteiger partial charge in [-0.25, -0.2) is 0 Å². The number of nitro benzene ring substituents is 1. The van der Waals surface area contributed by atoms with Gasteiger partial charge in [0.15, 0.2) is 0 Å². The third-order valence-corrected chi connectivity index (χ3v) is 3.60. The molecule has 0 heterocycles. The Kier molecular flexibility index (Phi) is 4.26. The highest BCUT2D eigenvalue weighted by Crippen LogP contribution is 2.26. The van der Waals surface area contributed by atoms with Crippen LogP contribution in [-0.2, 0) is 0 Å². The molecule has 22 heavy (non-hydrogen) atoms. The van der Waals surface area contributed by atoms with Crippen molar-refractivity contribution in [3.05, 3.63) is 68.8 Å². The van der Waals surface area contributed by atoms with Gasteiger partial charge >= 0.3 is 0 Å². The molecule has 0 aliphatic carbocycles. The number of nitro groups is 1. The van der Waals surface area contributed by atoms with Gasteiger partial charge in [-0.3, -0.25) is 14.9 Å². The smallest absolute Gasteiger partial charge is 0.269 e. The molecule has 0 saturated heterocycles. The zero-order valence-electron chi connectivity index (χ0n) is 13.1. The van der Waals surface area contributed by atoms with Crippen molar-refractivity contribution in [3.63, 3.8) is 0 Å². The second kappa shape index (κ2) is 5.97. The summed E-state index contributed by atoms with van der Waals surface area (Å²) in [4.78, 5) is 24.3. The lowest BCUT2D eigenvalue weighted by Gasteiger charge is -2.22. The molecule has 0 atom stereocenters. The van der Waals surface area contributed by atoms with Crippen LogP contribution in [0.3, 0.4) is 0 Å². The SMILES string of the molecule is Cc1cc(C)c(N(C)C(=O)c2ccc([N+](=O)[O-])cc2)c(C)c1. The van der Waals surface area contributed by atoms with E-state index in [0.29, 0.717) is 5.56 Å². The molecule has 0 N–H and O–H groups in total. The zero-order chi connectivity index (χ0) is 16.4. The third kappa shape index (κ3) is 2.98. The first kappa shape index (κ1) is 15.7. The molecule has 2 rings (SSSR count). The van der Waals surface area contributed by atoms with Crippen LogP contribution in [0.5, 0.6) is 0 Å². The average Bonchev–Trinajstić information content (AvgIpc) is 2.45. The van der Waals surface area contributed by atoms with Gasteiger partial charge in [0.25, 0.3) is 11.6 Å². The van der Waals surface area contributed by atoms with Gasteiger partial charge in [-0.05, 0) is 44.0 Å². The van der Waals surface area contributed by atoms with Crippen molar-refractivity contribution in [1.82, 2.24) is 0 Å². The first-order chi connectivity index (χ1) is 10.3. The normalized spacial score (nSPS) is 10.4. The van der Waals surface area contributed by atoms with Crippen molar-refractivity contribution >= 4 is 17.3 Å². The van der Waals surface area contributed by atoms with Gasteiger partial charge in [0.1, 0.15) is 0 Å². The van der Waals surface area contributed by atoms with E-state index in [9.17, 15) is 14.9 Å². The Morgan fingerprint density at radius 1 is 1.05 bits per heavy atom. The van der Waals surface area contributed by atoms with Crippen molar-refractivity contribution in [1.29, 1.82) is 0 Å². The molecule has 2 aromatic carbocycles. The van der Waals surface area contributed by atoms with E-state index < -0.39 is 4.92 Å². The van der Waals surface area contributed by atoms with E-state index in [1.807, 2.05) is 32.9 Å². The van der Waals surface area contributed by atoms with Gasteiger partial charge in [0, 0.05) is 30.4 Å². The van der Waals surface area contributed by atoms with Crippen LogP contribution in [0.15, 0.2) is 36.4 Å². The fourth-order valence-electron chi connectivity index (χ4n) is 2.72. The number of nitrogens with zero attached hydrogens (tertiary/aromatic N) is 2. The van der Waals surface area contributed by atoms with Gasteiger partial charge in [-0.2, -0.15) is 0 Å². The van der Waals surface area contributed by atoms with Gasteiger partial charge < -0.3 is 4.90 Å². The number of amides is 1. The highest BCUT2D eigenvalue weighted by molar-refractivity contribution is 6.06. The topological polar surface area (TPSA) is 63.5 Å². The molecule has 0 radical (unpaired) electrons. The lowest BCUT2D eigenvalue weighted by atomic mass is 10.0. The highest BCUT2D eigenvalue weighted by Gasteiger charge is 2.18. The number of hydrogen-bond acceptors (Lipinski definition) is 3. The molecule has 0 saturated carbocycles. The fourth-order valence-corrected chi connectivity index (χ4v) is 2.72. The molecule has 0 spiro atoms. The predicted molar refractivity (Wildman–Crippen MR) is 86.5 cm³/mol. The van der Waals surface area contributed by atoms with Crippen molar-refractivity contribution in [3.8, 4) is 0 Å². The molecule has 5 heteroatoms. The monoisotopic (exact) mass is 298 g/mol. The van der Waals surface area contributed by atoms with Crippen molar-refractivity contribution in [2.45, 2.75) is 20.8 Å². The molecule has 0 unspecified atom stereocenters. The van der Waals surface area contributed by atoms with E-state index in [2.05, 4.69) is 0 Å². The Labute approximate surface area is 129 Å². The number of carbonyl (C=O) groups is 1. The summed E-state index contributed by atoms with van der Waals surface area (Å²) in [5.74, 6) is -0.190. The number of hydrogen-bond donors (Lipinski definition) is 0. The minimum atomic E-state index is -0.480. The number of anilines is 1. The minimum Gasteiger partial charge on any atom is -0.311 e. The minimum absolute atomic E-state index is 0.0260. The summed E-state index contributed by atoms with van der Waals surface area (Å²) in [6, 6.07) is 9.71. The molecule has 0 fully saturated rings.